The van der Waals surface area contributed by atoms with Gasteiger partial charge in [-0.25, -0.2) is 13.2 Å². The molecule has 8 nitrogen and oxygen atoms in total. The van der Waals surface area contributed by atoms with E-state index >= 15 is 0 Å². The van der Waals surface area contributed by atoms with E-state index in [-0.39, 0.29) is 30.3 Å². The minimum atomic E-state index is -3.12. The Morgan fingerprint density at radius 3 is 2.79 bits per heavy atom. The number of hydrogen-bond acceptors (Lipinski definition) is 6. The van der Waals surface area contributed by atoms with Crippen molar-refractivity contribution in [3.63, 3.8) is 0 Å². The van der Waals surface area contributed by atoms with Crippen molar-refractivity contribution < 1.29 is 22.4 Å². The summed E-state index contributed by atoms with van der Waals surface area (Å²) in [6.07, 6.45) is 2.47. The van der Waals surface area contributed by atoms with Crippen LogP contribution in [0.1, 0.15) is 22.3 Å². The van der Waals surface area contributed by atoms with Gasteiger partial charge < -0.3 is 14.6 Å². The maximum Gasteiger partial charge on any atom is 0.295 e. The second kappa shape index (κ2) is 7.91. The van der Waals surface area contributed by atoms with Gasteiger partial charge >= 0.3 is 0 Å². The molecule has 1 N–H and O–H groups in total. The number of carbonyl (C=O) groups excluding carboxylic acids is 1. The normalized spacial score (nSPS) is 17.6. The first-order valence-corrected chi connectivity index (χ1v) is 10.3. The van der Waals surface area contributed by atoms with Crippen LogP contribution in [0.4, 0.5) is 19.2 Å². The van der Waals surface area contributed by atoms with Gasteiger partial charge in [0.05, 0.1) is 23.6 Å². The van der Waals surface area contributed by atoms with Crippen LogP contribution >= 0.6 is 0 Å². The van der Waals surface area contributed by atoms with Crippen molar-refractivity contribution in [2.75, 3.05) is 18.4 Å². The number of carbonyl (C=O) groups is 1. The van der Waals surface area contributed by atoms with E-state index in [0.717, 1.165) is 16.5 Å². The van der Waals surface area contributed by atoms with E-state index in [1.165, 1.54) is 29.3 Å². The average molecular weight is 456 g/mol. The molecule has 0 bridgehead atoms. The lowest BCUT2D eigenvalue weighted by Crippen LogP contribution is -2.47. The number of anilines is 1. The molecule has 0 unspecified atom stereocenters. The average Bonchev–Trinajstić information content (AvgIpc) is 3.50. The predicted octanol–water partition coefficient (Wildman–Crippen LogP) is 3.82. The van der Waals surface area contributed by atoms with Gasteiger partial charge in [0, 0.05) is 25.6 Å². The van der Waals surface area contributed by atoms with Crippen LogP contribution in [-0.2, 0) is 0 Å². The molecule has 33 heavy (non-hydrogen) atoms. The molecule has 1 aliphatic heterocycles. The summed E-state index contributed by atoms with van der Waals surface area (Å²) in [5.41, 5.74) is 2.01. The lowest BCUT2D eigenvalue weighted by atomic mass is 10.1. The molecule has 0 spiro atoms. The summed E-state index contributed by atoms with van der Waals surface area (Å²) in [6.45, 7) is 1.40. The molecule has 1 fully saturated rings. The van der Waals surface area contributed by atoms with E-state index in [2.05, 4.69) is 20.5 Å². The number of amides is 1. The first kappa shape index (κ1) is 21.0. The van der Waals surface area contributed by atoms with E-state index in [1.807, 2.05) is 6.92 Å². The van der Waals surface area contributed by atoms with Gasteiger partial charge in [-0.05, 0) is 31.2 Å². The molecule has 5 rings (SSSR count). The molecule has 1 saturated heterocycles. The minimum absolute atomic E-state index is 0.0253. The number of oxazole rings is 1. The summed E-state index contributed by atoms with van der Waals surface area (Å²) in [5.74, 6) is -4.16. The van der Waals surface area contributed by atoms with E-state index < -0.39 is 30.1 Å². The summed E-state index contributed by atoms with van der Waals surface area (Å²) in [7, 11) is 0. The Morgan fingerprint density at radius 1 is 1.21 bits per heavy atom. The van der Waals surface area contributed by atoms with Crippen molar-refractivity contribution in [2.24, 2.45) is 0 Å². The zero-order valence-electron chi connectivity index (χ0n) is 17.5. The number of halogens is 3. The Balaban J connectivity index is 1.42. The van der Waals surface area contributed by atoms with Gasteiger partial charge in [0.1, 0.15) is 17.4 Å². The smallest absolute Gasteiger partial charge is 0.295 e. The number of benzene rings is 2. The number of nitrogens with one attached hydrogen (secondary N) is 1. The van der Waals surface area contributed by atoms with Crippen LogP contribution in [0.5, 0.6) is 0 Å². The number of hydrogen-bond donors (Lipinski definition) is 1. The monoisotopic (exact) mass is 456 g/mol. The highest BCUT2D eigenvalue weighted by Gasteiger charge is 2.51. The lowest BCUT2D eigenvalue weighted by Gasteiger charge is -2.28. The molecule has 170 valence electrons. The van der Waals surface area contributed by atoms with Crippen molar-refractivity contribution in [1.29, 1.82) is 0 Å². The van der Waals surface area contributed by atoms with Crippen LogP contribution in [0.2, 0.25) is 0 Å². The third-order valence-electron chi connectivity index (χ3n) is 5.62. The standard InChI is InChI=1S/C22H19F3N6O2/c1-13-2-5-17(31-27-7-8-28-31)15(10-13)20(32)30-9-6-22(24,25)19(30)12-26-21-29-16-4-3-14(23)11-18(16)33-21/h2-5,7-8,10-11,19H,6,9,12H2,1H3,(H,26,29)/t19-/m1/s1. The maximum absolute atomic E-state index is 14.8. The van der Waals surface area contributed by atoms with Crippen LogP contribution in [0.15, 0.2) is 53.2 Å². The topological polar surface area (TPSA) is 89.1 Å². The number of aryl methyl sites for hydroxylation is 1. The van der Waals surface area contributed by atoms with Gasteiger partial charge in [0.2, 0.25) is 0 Å². The number of alkyl halides is 2. The number of rotatable bonds is 5. The summed E-state index contributed by atoms with van der Waals surface area (Å²) in [4.78, 5) is 20.0. The van der Waals surface area contributed by atoms with E-state index in [1.54, 1.807) is 18.2 Å². The highest BCUT2D eigenvalue weighted by Crippen LogP contribution is 2.36. The second-order valence-electron chi connectivity index (χ2n) is 7.88. The fourth-order valence-corrected chi connectivity index (χ4v) is 3.97. The Bertz CT molecular complexity index is 1320. The number of nitrogens with zero attached hydrogens (tertiary/aromatic N) is 5. The van der Waals surface area contributed by atoms with Crippen molar-refractivity contribution in [3.05, 3.63) is 65.7 Å². The molecule has 2 aromatic carbocycles. The molecule has 0 saturated carbocycles. The summed E-state index contributed by atoms with van der Waals surface area (Å²) in [6, 6.07) is 7.48. The molecular weight excluding hydrogens is 437 g/mol. The Hall–Kier alpha value is -3.89. The summed E-state index contributed by atoms with van der Waals surface area (Å²) in [5, 5.41) is 10.9. The van der Waals surface area contributed by atoms with Gasteiger partial charge in [-0.1, -0.05) is 11.6 Å². The third-order valence-corrected chi connectivity index (χ3v) is 5.62. The van der Waals surface area contributed by atoms with Crippen LogP contribution in [-0.4, -0.2) is 55.8 Å². The van der Waals surface area contributed by atoms with Crippen molar-refractivity contribution in [3.8, 4) is 5.69 Å². The minimum Gasteiger partial charge on any atom is -0.423 e. The molecule has 11 heteroatoms. The maximum atomic E-state index is 14.8. The predicted molar refractivity (Wildman–Crippen MR) is 113 cm³/mol. The lowest BCUT2D eigenvalue weighted by molar-refractivity contribution is -0.0249. The van der Waals surface area contributed by atoms with Crippen molar-refractivity contribution in [2.45, 2.75) is 25.3 Å². The fraction of sp³-hybridized carbons (Fsp3) is 0.273. The molecule has 0 aliphatic carbocycles. The molecule has 4 aromatic rings. The number of likely N-dealkylation sites (tertiary alicyclic amines) is 1. The van der Waals surface area contributed by atoms with Crippen LogP contribution in [0.25, 0.3) is 16.8 Å². The van der Waals surface area contributed by atoms with E-state index in [4.69, 9.17) is 4.42 Å². The molecule has 1 atom stereocenters. The highest BCUT2D eigenvalue weighted by atomic mass is 19.3. The summed E-state index contributed by atoms with van der Waals surface area (Å²) >= 11 is 0. The zero-order chi connectivity index (χ0) is 23.2. The Labute approximate surface area is 186 Å². The highest BCUT2D eigenvalue weighted by molar-refractivity contribution is 5.98. The van der Waals surface area contributed by atoms with Crippen LogP contribution < -0.4 is 5.32 Å². The number of fused-ring (bicyclic) bond motifs is 1. The zero-order valence-corrected chi connectivity index (χ0v) is 17.5. The van der Waals surface area contributed by atoms with Gasteiger partial charge in [0.25, 0.3) is 17.8 Å². The Morgan fingerprint density at radius 2 is 2.00 bits per heavy atom. The van der Waals surface area contributed by atoms with Gasteiger partial charge in [-0.15, -0.1) is 0 Å². The van der Waals surface area contributed by atoms with Crippen molar-refractivity contribution >= 4 is 23.0 Å². The largest absolute Gasteiger partial charge is 0.423 e. The summed E-state index contributed by atoms with van der Waals surface area (Å²) < 4.78 is 48.4. The van der Waals surface area contributed by atoms with Gasteiger partial charge in [-0.2, -0.15) is 20.0 Å². The molecule has 1 amide bonds. The SMILES string of the molecule is Cc1ccc(-n2nccn2)c(C(=O)N2CCC(F)(F)[C@H]2CNc2nc3ccc(F)cc3o2)c1. The molecule has 0 radical (unpaired) electrons. The molecule has 2 aromatic heterocycles. The first-order valence-electron chi connectivity index (χ1n) is 10.3. The second-order valence-corrected chi connectivity index (χ2v) is 7.88. The van der Waals surface area contributed by atoms with E-state index in [9.17, 15) is 18.0 Å². The van der Waals surface area contributed by atoms with Crippen LogP contribution in [0, 0.1) is 12.7 Å². The van der Waals surface area contributed by atoms with Gasteiger partial charge in [-0.3, -0.25) is 4.79 Å². The van der Waals surface area contributed by atoms with Crippen LogP contribution in [0.3, 0.4) is 0 Å². The van der Waals surface area contributed by atoms with Gasteiger partial charge in [0.15, 0.2) is 5.58 Å². The fourth-order valence-electron chi connectivity index (χ4n) is 3.97. The third kappa shape index (κ3) is 3.90. The van der Waals surface area contributed by atoms with E-state index in [0.29, 0.717) is 11.2 Å². The number of aromatic nitrogens is 4. The molecular formula is C22H19F3N6O2. The quantitative estimate of drug-likeness (QED) is 0.491. The molecule has 3 heterocycles. The van der Waals surface area contributed by atoms with Crippen molar-refractivity contribution in [1.82, 2.24) is 24.9 Å². The molecule has 1 aliphatic rings. The first-order chi connectivity index (χ1) is 15.8. The Kier molecular flexibility index (Phi) is 5.03.